The second kappa shape index (κ2) is 9.96. The van der Waals surface area contributed by atoms with E-state index in [9.17, 15) is 0 Å². The van der Waals surface area contributed by atoms with Crippen LogP contribution in [-0.4, -0.2) is 10.2 Å². The van der Waals surface area contributed by atoms with E-state index in [1.807, 2.05) is 66.7 Å². The van der Waals surface area contributed by atoms with Crippen LogP contribution in [0.15, 0.2) is 109 Å². The second-order valence-electron chi connectivity index (χ2n) is 7.87. The van der Waals surface area contributed by atoms with Crippen LogP contribution < -0.4 is 9.47 Å². The molecule has 0 N–H and O–H groups in total. The fourth-order valence-electron chi connectivity index (χ4n) is 3.79. The predicted molar refractivity (Wildman–Crippen MR) is 130 cm³/mol. The zero-order valence-corrected chi connectivity index (χ0v) is 18.2. The topological polar surface area (TPSA) is 44.2 Å². The summed E-state index contributed by atoms with van der Waals surface area (Å²) in [5.74, 6) is 0.997. The van der Waals surface area contributed by atoms with Crippen LogP contribution in [-0.2, 0) is 19.6 Å². The molecule has 0 saturated carbocycles. The largest absolute Gasteiger partial charge is 0.483 e. The number of hydrogen-bond donors (Lipinski definition) is 0. The lowest BCUT2D eigenvalue weighted by Gasteiger charge is -2.13. The molecule has 0 saturated heterocycles. The maximum atomic E-state index is 6.15. The van der Waals surface area contributed by atoms with E-state index in [0.717, 1.165) is 16.8 Å². The van der Waals surface area contributed by atoms with Crippen LogP contribution in [0.1, 0.15) is 22.4 Å². The summed E-state index contributed by atoms with van der Waals surface area (Å²) in [5, 5.41) is 11.3. The first-order valence-electron chi connectivity index (χ1n) is 11.0. The highest BCUT2D eigenvalue weighted by Crippen LogP contribution is 2.28. The zero-order valence-electron chi connectivity index (χ0n) is 18.2. The molecule has 4 nitrogen and oxygen atoms in total. The molecule has 0 atom stereocenters. The van der Waals surface area contributed by atoms with Gasteiger partial charge in [-0.3, -0.25) is 0 Å². The van der Waals surface area contributed by atoms with Crippen molar-refractivity contribution in [2.45, 2.75) is 19.6 Å². The van der Waals surface area contributed by atoms with Crippen LogP contribution in [0.3, 0.4) is 0 Å². The molecule has 0 aliphatic heterocycles. The molecular formula is C29H24N2O2. The lowest BCUT2D eigenvalue weighted by Crippen LogP contribution is -2.05. The van der Waals surface area contributed by atoms with Gasteiger partial charge in [0.05, 0.1) is 5.69 Å². The van der Waals surface area contributed by atoms with Gasteiger partial charge in [-0.2, -0.15) is 5.10 Å². The van der Waals surface area contributed by atoms with Crippen LogP contribution in [0.5, 0.6) is 11.6 Å². The van der Waals surface area contributed by atoms with Crippen LogP contribution >= 0.6 is 0 Å². The van der Waals surface area contributed by atoms with Crippen LogP contribution in [0.4, 0.5) is 0 Å². The summed E-state index contributed by atoms with van der Waals surface area (Å²) in [7, 11) is 0. The first-order valence-corrected chi connectivity index (χ1v) is 11.0. The molecule has 162 valence electrons. The van der Waals surface area contributed by atoms with Gasteiger partial charge in [-0.1, -0.05) is 103 Å². The van der Waals surface area contributed by atoms with Gasteiger partial charge < -0.3 is 9.47 Å². The highest BCUT2D eigenvalue weighted by molar-refractivity contribution is 5.85. The number of aromatic nitrogens is 2. The quantitative estimate of drug-likeness (QED) is 0.285. The number of hydrogen-bond acceptors (Lipinski definition) is 4. The van der Waals surface area contributed by atoms with E-state index >= 15 is 0 Å². The van der Waals surface area contributed by atoms with E-state index in [1.54, 1.807) is 0 Å². The zero-order chi connectivity index (χ0) is 22.3. The predicted octanol–water partition coefficient (Wildman–Crippen LogP) is 6.38. The van der Waals surface area contributed by atoms with Crippen LogP contribution in [0.2, 0.25) is 0 Å². The van der Waals surface area contributed by atoms with Crippen molar-refractivity contribution in [1.82, 2.24) is 10.2 Å². The van der Waals surface area contributed by atoms with Crippen molar-refractivity contribution in [2.24, 2.45) is 0 Å². The third-order valence-electron chi connectivity index (χ3n) is 5.48. The summed E-state index contributed by atoms with van der Waals surface area (Å²) < 4.78 is 12.1. The van der Waals surface area contributed by atoms with Crippen molar-refractivity contribution >= 4 is 10.8 Å². The van der Waals surface area contributed by atoms with Gasteiger partial charge in [0.2, 0.25) is 0 Å². The number of ether oxygens (including phenoxy) is 2. The maximum Gasteiger partial charge on any atom is 0.276 e. The van der Waals surface area contributed by atoms with Crippen molar-refractivity contribution in [1.29, 1.82) is 0 Å². The van der Waals surface area contributed by atoms with Gasteiger partial charge in [0.15, 0.2) is 5.75 Å². The highest BCUT2D eigenvalue weighted by Gasteiger charge is 2.13. The maximum absolute atomic E-state index is 6.15. The average molecular weight is 433 g/mol. The summed E-state index contributed by atoms with van der Waals surface area (Å²) in [6, 6.07) is 36.7. The van der Waals surface area contributed by atoms with E-state index in [-0.39, 0.29) is 0 Å². The first kappa shape index (κ1) is 20.7. The third kappa shape index (κ3) is 5.18. The fourth-order valence-corrected chi connectivity index (χ4v) is 3.79. The smallest absolute Gasteiger partial charge is 0.276 e. The number of benzene rings is 4. The molecule has 33 heavy (non-hydrogen) atoms. The summed E-state index contributed by atoms with van der Waals surface area (Å²) in [6.07, 6.45) is 0.662. The van der Waals surface area contributed by atoms with Crippen molar-refractivity contribution in [3.8, 4) is 11.6 Å². The van der Waals surface area contributed by atoms with Gasteiger partial charge in [0, 0.05) is 12.5 Å². The van der Waals surface area contributed by atoms with Crippen molar-refractivity contribution in [3.63, 3.8) is 0 Å². The van der Waals surface area contributed by atoms with Gasteiger partial charge in [-0.25, -0.2) is 0 Å². The monoisotopic (exact) mass is 432 g/mol. The first-order chi connectivity index (χ1) is 16.3. The van der Waals surface area contributed by atoms with Gasteiger partial charge in [-0.05, 0) is 27.5 Å². The molecule has 0 aliphatic carbocycles. The minimum atomic E-state index is 0.399. The summed E-state index contributed by atoms with van der Waals surface area (Å²) in [4.78, 5) is 0. The minimum absolute atomic E-state index is 0.399. The standard InChI is InChI=1S/C29H24N2O2/c1-3-10-22(11-4-1)20-32-28-19-26(18-25-16-9-15-24-14-7-8-17-27(24)25)30-31-29(28)33-21-23-12-5-2-6-13-23/h1-17,19H,18,20-21H2. The average Bonchev–Trinajstić information content (AvgIpc) is 2.88. The number of fused-ring (bicyclic) bond motifs is 1. The molecule has 0 fully saturated rings. The normalized spacial score (nSPS) is 10.8. The van der Waals surface area contributed by atoms with Crippen LogP contribution in [0.25, 0.3) is 10.8 Å². The minimum Gasteiger partial charge on any atom is -0.483 e. The van der Waals surface area contributed by atoms with Crippen molar-refractivity contribution in [3.05, 3.63) is 132 Å². The Morgan fingerprint density at radius 3 is 1.97 bits per heavy atom. The molecule has 0 aliphatic rings. The van der Waals surface area contributed by atoms with Gasteiger partial charge in [0.25, 0.3) is 5.88 Å². The van der Waals surface area contributed by atoms with Crippen molar-refractivity contribution < 1.29 is 9.47 Å². The lowest BCUT2D eigenvalue weighted by molar-refractivity contribution is 0.243. The Balaban J connectivity index is 1.41. The molecule has 0 bridgehead atoms. The Morgan fingerprint density at radius 1 is 0.576 bits per heavy atom. The lowest BCUT2D eigenvalue weighted by atomic mass is 10.0. The summed E-state index contributed by atoms with van der Waals surface area (Å²) in [5.41, 5.74) is 4.18. The SMILES string of the molecule is c1ccc(COc2cc(Cc3cccc4ccccc34)nnc2OCc2ccccc2)cc1. The molecule has 0 radical (unpaired) electrons. The second-order valence-corrected chi connectivity index (χ2v) is 7.87. The fraction of sp³-hybridized carbons (Fsp3) is 0.103. The van der Waals surface area contributed by atoms with Gasteiger partial charge in [0.1, 0.15) is 13.2 Å². The van der Waals surface area contributed by atoms with Crippen molar-refractivity contribution in [2.75, 3.05) is 0 Å². The highest BCUT2D eigenvalue weighted by atomic mass is 16.5. The van der Waals surface area contributed by atoms with Crippen LogP contribution in [0, 0.1) is 0 Å². The molecule has 0 amide bonds. The molecule has 0 spiro atoms. The van der Waals surface area contributed by atoms with E-state index in [0.29, 0.717) is 31.3 Å². The number of rotatable bonds is 8. The summed E-state index contributed by atoms with van der Waals surface area (Å²) in [6.45, 7) is 0.835. The molecule has 1 aromatic heterocycles. The molecular weight excluding hydrogens is 408 g/mol. The number of nitrogens with zero attached hydrogens (tertiary/aromatic N) is 2. The van der Waals surface area contributed by atoms with Gasteiger partial charge >= 0.3 is 0 Å². The Hall–Kier alpha value is -4.18. The van der Waals surface area contributed by atoms with E-state index in [4.69, 9.17) is 9.47 Å². The molecule has 1 heterocycles. The third-order valence-corrected chi connectivity index (χ3v) is 5.48. The summed E-state index contributed by atoms with van der Waals surface area (Å²) >= 11 is 0. The van der Waals surface area contributed by atoms with E-state index in [2.05, 4.69) is 52.7 Å². The van der Waals surface area contributed by atoms with E-state index in [1.165, 1.54) is 16.3 Å². The van der Waals surface area contributed by atoms with E-state index < -0.39 is 0 Å². The molecule has 0 unspecified atom stereocenters. The molecule has 4 heteroatoms. The Kier molecular flexibility index (Phi) is 6.25. The Labute approximate surface area is 193 Å². The Bertz CT molecular complexity index is 1330. The molecule has 5 aromatic rings. The van der Waals surface area contributed by atoms with Gasteiger partial charge in [-0.15, -0.1) is 5.10 Å². The molecule has 5 rings (SSSR count). The molecule has 4 aromatic carbocycles. The Morgan fingerprint density at radius 2 is 1.21 bits per heavy atom.